The molecule has 0 aliphatic rings. The molecule has 1 atom stereocenters. The van der Waals surface area contributed by atoms with Crippen LogP contribution in [0.1, 0.15) is 25.5 Å². The largest absolute Gasteiger partial charge is 0.352 e. The summed E-state index contributed by atoms with van der Waals surface area (Å²) in [5, 5.41) is 3.39. The molecule has 102 valence electrons. The smallest absolute Gasteiger partial charge is 0.250 e. The Morgan fingerprint density at radius 2 is 2.05 bits per heavy atom. The zero-order valence-corrected chi connectivity index (χ0v) is 11.5. The molecule has 0 saturated carbocycles. The Morgan fingerprint density at radius 3 is 2.79 bits per heavy atom. The van der Waals surface area contributed by atoms with Crippen molar-refractivity contribution in [2.24, 2.45) is 0 Å². The predicted molar refractivity (Wildman–Crippen MR) is 77.2 cm³/mol. The lowest BCUT2D eigenvalue weighted by atomic mass is 10.2. The van der Waals surface area contributed by atoms with Crippen LogP contribution in [0.5, 0.6) is 0 Å². The molecule has 1 N–H and O–H groups in total. The van der Waals surface area contributed by atoms with E-state index in [4.69, 9.17) is 0 Å². The van der Waals surface area contributed by atoms with Gasteiger partial charge in [-0.05, 0) is 31.2 Å². The van der Waals surface area contributed by atoms with Crippen LogP contribution in [0, 0.1) is 0 Å². The molecule has 4 heteroatoms. The van der Waals surface area contributed by atoms with E-state index in [0.29, 0.717) is 12.6 Å². The number of pyridine rings is 1. The zero-order chi connectivity index (χ0) is 13.7. The Morgan fingerprint density at radius 1 is 1.21 bits per heavy atom. The number of hydrogen-bond acceptors (Lipinski definition) is 2. The van der Waals surface area contributed by atoms with Gasteiger partial charge in [0.05, 0.1) is 0 Å². The number of aryl methyl sites for hydroxylation is 2. The Labute approximate surface area is 113 Å². The highest BCUT2D eigenvalue weighted by molar-refractivity contribution is 5.14. The third-order valence-electron chi connectivity index (χ3n) is 3.28. The van der Waals surface area contributed by atoms with Gasteiger partial charge in [0.25, 0.3) is 5.56 Å². The van der Waals surface area contributed by atoms with Gasteiger partial charge in [0.1, 0.15) is 0 Å². The average Bonchev–Trinajstić information content (AvgIpc) is 2.87. The van der Waals surface area contributed by atoms with Crippen LogP contribution in [-0.4, -0.2) is 15.7 Å². The van der Waals surface area contributed by atoms with Gasteiger partial charge in [0, 0.05) is 43.8 Å². The first-order valence-corrected chi connectivity index (χ1v) is 6.75. The van der Waals surface area contributed by atoms with Gasteiger partial charge in [-0.15, -0.1) is 0 Å². The number of rotatable bonds is 6. The summed E-state index contributed by atoms with van der Waals surface area (Å²) in [6.45, 7) is 6.73. The van der Waals surface area contributed by atoms with E-state index >= 15 is 0 Å². The second-order valence-electron chi connectivity index (χ2n) is 4.69. The molecule has 2 aromatic heterocycles. The minimum absolute atomic E-state index is 0.0518. The van der Waals surface area contributed by atoms with E-state index in [1.165, 1.54) is 5.56 Å². The highest BCUT2D eigenvalue weighted by Gasteiger charge is 2.05. The fraction of sp³-hybridized carbons (Fsp3) is 0.400. The number of hydrogen-bond donors (Lipinski definition) is 1. The van der Waals surface area contributed by atoms with E-state index in [1.54, 1.807) is 16.7 Å². The van der Waals surface area contributed by atoms with Crippen molar-refractivity contribution in [2.45, 2.75) is 33.0 Å². The summed E-state index contributed by atoms with van der Waals surface area (Å²) in [5.74, 6) is 0. The molecule has 0 fully saturated rings. The van der Waals surface area contributed by atoms with Gasteiger partial charge in [-0.1, -0.05) is 13.0 Å². The summed E-state index contributed by atoms with van der Waals surface area (Å²) in [4.78, 5) is 11.6. The highest BCUT2D eigenvalue weighted by Crippen LogP contribution is 2.12. The zero-order valence-electron chi connectivity index (χ0n) is 11.5. The summed E-state index contributed by atoms with van der Waals surface area (Å²) in [5.41, 5.74) is 1.33. The predicted octanol–water partition coefficient (Wildman–Crippen LogP) is 2.02. The second-order valence-corrected chi connectivity index (χ2v) is 4.69. The quantitative estimate of drug-likeness (QED) is 0.862. The first kappa shape index (κ1) is 13.6. The Kier molecular flexibility index (Phi) is 4.58. The summed E-state index contributed by atoms with van der Waals surface area (Å²) < 4.78 is 3.86. The van der Waals surface area contributed by atoms with Gasteiger partial charge >= 0.3 is 0 Å². The van der Waals surface area contributed by atoms with E-state index in [0.717, 1.165) is 13.1 Å². The lowest BCUT2D eigenvalue weighted by Crippen LogP contribution is -2.20. The third-order valence-corrected chi connectivity index (χ3v) is 3.28. The first-order valence-electron chi connectivity index (χ1n) is 6.75. The van der Waals surface area contributed by atoms with Gasteiger partial charge < -0.3 is 14.5 Å². The normalized spacial score (nSPS) is 12.5. The van der Waals surface area contributed by atoms with Gasteiger partial charge in [0.2, 0.25) is 0 Å². The molecule has 0 aromatic carbocycles. The summed E-state index contributed by atoms with van der Waals surface area (Å²) in [6, 6.07) is 7.74. The lowest BCUT2D eigenvalue weighted by molar-refractivity contribution is 0.560. The van der Waals surface area contributed by atoms with E-state index in [2.05, 4.69) is 42.2 Å². The molecule has 4 nitrogen and oxygen atoms in total. The summed E-state index contributed by atoms with van der Waals surface area (Å²) in [7, 11) is 0. The average molecular weight is 259 g/mol. The number of nitrogens with zero attached hydrogens (tertiary/aromatic N) is 2. The Bertz CT molecular complexity index is 571. The molecule has 0 saturated heterocycles. The maximum Gasteiger partial charge on any atom is 0.250 e. The minimum atomic E-state index is 0.0518. The molecule has 0 amide bonds. The fourth-order valence-electron chi connectivity index (χ4n) is 2.15. The second kappa shape index (κ2) is 6.38. The molecule has 0 aliphatic heterocycles. The van der Waals surface area contributed by atoms with Crippen LogP contribution in [0.25, 0.3) is 0 Å². The Hall–Kier alpha value is -1.81. The highest BCUT2D eigenvalue weighted by atomic mass is 16.1. The van der Waals surface area contributed by atoms with E-state index in [9.17, 15) is 4.79 Å². The molecule has 0 spiro atoms. The van der Waals surface area contributed by atoms with Gasteiger partial charge in [0.15, 0.2) is 0 Å². The minimum Gasteiger partial charge on any atom is -0.352 e. The van der Waals surface area contributed by atoms with Crippen molar-refractivity contribution in [2.75, 3.05) is 6.54 Å². The molecular formula is C15H21N3O. The lowest BCUT2D eigenvalue weighted by Gasteiger charge is -2.10. The molecule has 19 heavy (non-hydrogen) atoms. The van der Waals surface area contributed by atoms with Crippen LogP contribution >= 0.6 is 0 Å². The Balaban J connectivity index is 1.97. The van der Waals surface area contributed by atoms with Crippen molar-refractivity contribution in [1.82, 2.24) is 14.5 Å². The summed E-state index contributed by atoms with van der Waals surface area (Å²) in [6.07, 6.45) is 6.03. The molecule has 2 heterocycles. The van der Waals surface area contributed by atoms with E-state index in [1.807, 2.05) is 12.3 Å². The van der Waals surface area contributed by atoms with E-state index < -0.39 is 0 Å². The molecule has 0 radical (unpaired) electrons. The van der Waals surface area contributed by atoms with Crippen molar-refractivity contribution in [3.05, 3.63) is 58.8 Å². The van der Waals surface area contributed by atoms with Crippen molar-refractivity contribution in [1.29, 1.82) is 0 Å². The SMILES string of the molecule is CCNC(C)c1ccn(CCn2ccccc2=O)c1. The van der Waals surface area contributed by atoms with Crippen molar-refractivity contribution in [3.63, 3.8) is 0 Å². The van der Waals surface area contributed by atoms with Gasteiger partial charge in [-0.2, -0.15) is 0 Å². The van der Waals surface area contributed by atoms with Crippen LogP contribution < -0.4 is 10.9 Å². The topological polar surface area (TPSA) is 39.0 Å². The van der Waals surface area contributed by atoms with Crippen molar-refractivity contribution < 1.29 is 0 Å². The van der Waals surface area contributed by atoms with Crippen LogP contribution in [0.2, 0.25) is 0 Å². The van der Waals surface area contributed by atoms with Crippen LogP contribution in [0.15, 0.2) is 47.7 Å². The third kappa shape index (κ3) is 3.58. The molecule has 2 aromatic rings. The van der Waals surface area contributed by atoms with Crippen molar-refractivity contribution in [3.8, 4) is 0 Å². The van der Waals surface area contributed by atoms with E-state index in [-0.39, 0.29) is 5.56 Å². The molecule has 2 rings (SSSR count). The number of nitrogens with one attached hydrogen (secondary N) is 1. The fourth-order valence-corrected chi connectivity index (χ4v) is 2.15. The van der Waals surface area contributed by atoms with Crippen molar-refractivity contribution >= 4 is 0 Å². The monoisotopic (exact) mass is 259 g/mol. The van der Waals surface area contributed by atoms with Crippen LogP contribution in [0.4, 0.5) is 0 Å². The molecule has 0 bridgehead atoms. The number of aromatic nitrogens is 2. The molecular weight excluding hydrogens is 238 g/mol. The van der Waals surface area contributed by atoms with Crippen LogP contribution in [0.3, 0.4) is 0 Å². The maximum absolute atomic E-state index is 11.6. The first-order chi connectivity index (χ1) is 9.20. The molecule has 0 aliphatic carbocycles. The van der Waals surface area contributed by atoms with Crippen LogP contribution in [-0.2, 0) is 13.1 Å². The molecule has 1 unspecified atom stereocenters. The van der Waals surface area contributed by atoms with Gasteiger partial charge in [-0.3, -0.25) is 4.79 Å². The standard InChI is InChI=1S/C15H21N3O/c1-3-16-13(2)14-7-9-17(12-14)10-11-18-8-5-4-6-15(18)19/h4-9,12-13,16H,3,10-11H2,1-2H3. The maximum atomic E-state index is 11.6. The van der Waals surface area contributed by atoms with Gasteiger partial charge in [-0.25, -0.2) is 0 Å². The summed E-state index contributed by atoms with van der Waals surface area (Å²) >= 11 is 0.